The molecular formula is C15H22N2O2. The predicted octanol–water partition coefficient (Wildman–Crippen LogP) is 2.97. The zero-order valence-electron chi connectivity index (χ0n) is 12.1. The molecule has 0 saturated heterocycles. The Morgan fingerprint density at radius 2 is 1.95 bits per heavy atom. The zero-order chi connectivity index (χ0) is 14.3. The number of ether oxygens (including phenoxy) is 1. The average Bonchev–Trinajstić information content (AvgIpc) is 2.39. The molecule has 0 aliphatic rings. The van der Waals surface area contributed by atoms with E-state index in [1.807, 2.05) is 45.0 Å². The maximum Gasteiger partial charge on any atom is 0.240 e. The highest BCUT2D eigenvalue weighted by atomic mass is 16.5. The fraction of sp³-hybridized carbons (Fsp3) is 0.467. The summed E-state index contributed by atoms with van der Waals surface area (Å²) in [7, 11) is 1.63. The molecule has 0 aliphatic heterocycles. The predicted molar refractivity (Wildman–Crippen MR) is 77.4 cm³/mol. The topological polar surface area (TPSA) is 50.7 Å². The Balaban J connectivity index is 2.73. The molecule has 4 nitrogen and oxygen atoms in total. The maximum atomic E-state index is 11.6. The molecule has 0 aromatic heterocycles. The van der Waals surface area contributed by atoms with E-state index in [0.717, 1.165) is 23.4 Å². The largest absolute Gasteiger partial charge is 0.497 e. The van der Waals surface area contributed by atoms with E-state index in [1.54, 1.807) is 7.11 Å². The zero-order valence-corrected chi connectivity index (χ0v) is 12.1. The van der Waals surface area contributed by atoms with Gasteiger partial charge in [-0.1, -0.05) is 20.8 Å². The van der Waals surface area contributed by atoms with Gasteiger partial charge in [0.1, 0.15) is 5.75 Å². The maximum absolute atomic E-state index is 11.6. The van der Waals surface area contributed by atoms with Crippen LogP contribution < -0.4 is 10.2 Å². The number of carbonyl (C=O) groups is 1. The summed E-state index contributed by atoms with van der Waals surface area (Å²) in [6.45, 7) is 6.03. The molecule has 0 atom stereocenters. The van der Waals surface area contributed by atoms with E-state index in [9.17, 15) is 4.79 Å². The van der Waals surface area contributed by atoms with Gasteiger partial charge in [0.25, 0.3) is 0 Å². The minimum Gasteiger partial charge on any atom is -0.497 e. The highest BCUT2D eigenvalue weighted by molar-refractivity contribution is 6.00. The second kappa shape index (κ2) is 7.56. The van der Waals surface area contributed by atoms with Crippen LogP contribution in [0.15, 0.2) is 29.4 Å². The van der Waals surface area contributed by atoms with Gasteiger partial charge < -0.3 is 4.74 Å². The van der Waals surface area contributed by atoms with Crippen molar-refractivity contribution in [3.8, 4) is 5.75 Å². The molecule has 0 unspecified atom stereocenters. The second-order valence-corrected chi connectivity index (χ2v) is 4.77. The Hall–Kier alpha value is -1.84. The molecule has 1 aromatic carbocycles. The third kappa shape index (κ3) is 5.12. The van der Waals surface area contributed by atoms with Gasteiger partial charge in [-0.3, -0.25) is 4.79 Å². The summed E-state index contributed by atoms with van der Waals surface area (Å²) in [6, 6.07) is 7.65. The molecule has 0 aliphatic carbocycles. The number of methoxy groups -OCH3 is 1. The van der Waals surface area contributed by atoms with Gasteiger partial charge in [0.2, 0.25) is 5.91 Å². The lowest BCUT2D eigenvalue weighted by Crippen LogP contribution is -2.21. The van der Waals surface area contributed by atoms with Gasteiger partial charge in [-0.05, 0) is 42.2 Å². The van der Waals surface area contributed by atoms with E-state index in [-0.39, 0.29) is 5.91 Å². The van der Waals surface area contributed by atoms with E-state index in [2.05, 4.69) is 10.5 Å². The lowest BCUT2D eigenvalue weighted by molar-refractivity contribution is -0.121. The molecule has 0 radical (unpaired) electrons. The number of carbonyl (C=O) groups excluding carboxylic acids is 1. The van der Waals surface area contributed by atoms with Crippen LogP contribution in [0.3, 0.4) is 0 Å². The van der Waals surface area contributed by atoms with E-state index in [0.29, 0.717) is 12.3 Å². The molecule has 0 fully saturated rings. The van der Waals surface area contributed by atoms with Crippen LogP contribution in [-0.4, -0.2) is 18.7 Å². The lowest BCUT2D eigenvalue weighted by Gasteiger charge is -2.07. The SMILES string of the molecule is CCC(=NNC(=O)CC(C)C)c1ccc(OC)cc1. The quantitative estimate of drug-likeness (QED) is 0.633. The van der Waals surface area contributed by atoms with Crippen LogP contribution in [-0.2, 0) is 4.79 Å². The van der Waals surface area contributed by atoms with Gasteiger partial charge in [0, 0.05) is 6.42 Å². The van der Waals surface area contributed by atoms with Crippen LogP contribution in [0, 0.1) is 5.92 Å². The Kier molecular flexibility index (Phi) is 6.06. The van der Waals surface area contributed by atoms with Gasteiger partial charge in [-0.15, -0.1) is 0 Å². The average molecular weight is 262 g/mol. The molecule has 0 bridgehead atoms. The molecule has 0 spiro atoms. The van der Waals surface area contributed by atoms with Crippen LogP contribution >= 0.6 is 0 Å². The smallest absolute Gasteiger partial charge is 0.240 e. The number of nitrogens with one attached hydrogen (secondary N) is 1. The summed E-state index contributed by atoms with van der Waals surface area (Å²) in [5, 5.41) is 4.20. The number of hydrogen-bond donors (Lipinski definition) is 1. The number of nitrogens with zero attached hydrogens (tertiary/aromatic N) is 1. The van der Waals surface area contributed by atoms with Gasteiger partial charge in [0.15, 0.2) is 0 Å². The molecule has 0 heterocycles. The Morgan fingerprint density at radius 3 is 2.42 bits per heavy atom. The monoisotopic (exact) mass is 262 g/mol. The Bertz CT molecular complexity index is 436. The fourth-order valence-corrected chi connectivity index (χ4v) is 1.68. The van der Waals surface area contributed by atoms with Crippen molar-refractivity contribution in [2.75, 3.05) is 7.11 Å². The number of rotatable bonds is 6. The second-order valence-electron chi connectivity index (χ2n) is 4.77. The minimum atomic E-state index is -0.0468. The third-order valence-electron chi connectivity index (χ3n) is 2.67. The molecular weight excluding hydrogens is 240 g/mol. The van der Waals surface area contributed by atoms with Gasteiger partial charge in [-0.2, -0.15) is 5.10 Å². The highest BCUT2D eigenvalue weighted by Crippen LogP contribution is 2.13. The highest BCUT2D eigenvalue weighted by Gasteiger charge is 2.05. The summed E-state index contributed by atoms with van der Waals surface area (Å²) in [6.07, 6.45) is 1.25. The first-order chi connectivity index (χ1) is 9.06. The molecule has 104 valence electrons. The van der Waals surface area contributed by atoms with Gasteiger partial charge >= 0.3 is 0 Å². The fourth-order valence-electron chi connectivity index (χ4n) is 1.68. The van der Waals surface area contributed by atoms with E-state index in [4.69, 9.17) is 4.74 Å². The van der Waals surface area contributed by atoms with E-state index < -0.39 is 0 Å². The van der Waals surface area contributed by atoms with E-state index >= 15 is 0 Å². The van der Waals surface area contributed by atoms with Crippen LogP contribution in [0.5, 0.6) is 5.75 Å². The van der Waals surface area contributed by atoms with Crippen molar-refractivity contribution in [2.24, 2.45) is 11.0 Å². The van der Waals surface area contributed by atoms with Gasteiger partial charge in [-0.25, -0.2) is 5.43 Å². The van der Waals surface area contributed by atoms with Crippen LogP contribution in [0.25, 0.3) is 0 Å². The summed E-state index contributed by atoms with van der Waals surface area (Å²) in [5.41, 5.74) is 4.46. The third-order valence-corrected chi connectivity index (χ3v) is 2.67. The van der Waals surface area contributed by atoms with Crippen molar-refractivity contribution in [1.29, 1.82) is 0 Å². The molecule has 4 heteroatoms. The normalized spacial score (nSPS) is 11.5. The summed E-state index contributed by atoms with van der Waals surface area (Å²) in [4.78, 5) is 11.6. The van der Waals surface area contributed by atoms with E-state index in [1.165, 1.54) is 0 Å². The van der Waals surface area contributed by atoms with Crippen molar-refractivity contribution >= 4 is 11.6 Å². The molecule has 1 N–H and O–H groups in total. The number of hydrazone groups is 1. The van der Waals surface area contributed by atoms with Crippen LogP contribution in [0.2, 0.25) is 0 Å². The standard InChI is InChI=1S/C15H22N2O2/c1-5-14(16-17-15(18)10-11(2)3)12-6-8-13(19-4)9-7-12/h6-9,11H,5,10H2,1-4H3,(H,17,18). The molecule has 1 aromatic rings. The summed E-state index contributed by atoms with van der Waals surface area (Å²) < 4.78 is 5.11. The molecule has 1 amide bonds. The first-order valence-corrected chi connectivity index (χ1v) is 6.56. The summed E-state index contributed by atoms with van der Waals surface area (Å²) >= 11 is 0. The van der Waals surface area contributed by atoms with Crippen molar-refractivity contribution in [3.63, 3.8) is 0 Å². The number of hydrogen-bond acceptors (Lipinski definition) is 3. The van der Waals surface area contributed by atoms with Crippen molar-refractivity contribution < 1.29 is 9.53 Å². The van der Waals surface area contributed by atoms with Crippen LogP contribution in [0.4, 0.5) is 0 Å². The molecule has 19 heavy (non-hydrogen) atoms. The van der Waals surface area contributed by atoms with Crippen molar-refractivity contribution in [2.45, 2.75) is 33.6 Å². The van der Waals surface area contributed by atoms with Crippen LogP contribution in [0.1, 0.15) is 39.2 Å². The molecule has 1 rings (SSSR count). The first-order valence-electron chi connectivity index (χ1n) is 6.56. The van der Waals surface area contributed by atoms with Crippen molar-refractivity contribution in [1.82, 2.24) is 5.43 Å². The summed E-state index contributed by atoms with van der Waals surface area (Å²) in [5.74, 6) is 1.10. The van der Waals surface area contributed by atoms with Crippen molar-refractivity contribution in [3.05, 3.63) is 29.8 Å². The molecule has 0 saturated carbocycles. The number of benzene rings is 1. The first kappa shape index (κ1) is 15.2. The van der Waals surface area contributed by atoms with Gasteiger partial charge in [0.05, 0.1) is 12.8 Å². The Morgan fingerprint density at radius 1 is 1.32 bits per heavy atom. The number of amides is 1. The lowest BCUT2D eigenvalue weighted by atomic mass is 10.1. The Labute approximate surface area is 114 Å². The minimum absolute atomic E-state index is 0.0468.